The molecule has 574 valence electrons. The third-order valence-corrected chi connectivity index (χ3v) is 20.0. The number of carbonyl (C=O) groups excluding carboxylic acids is 3. The second kappa shape index (κ2) is 58.6. The monoisotopic (exact) mass is 1430 g/mol. The van der Waals surface area contributed by atoms with E-state index in [4.69, 9.17) is 43.0 Å². The fourth-order valence-electron chi connectivity index (χ4n) is 12.7. The molecule has 2 aliphatic rings. The van der Waals surface area contributed by atoms with Crippen LogP contribution in [0.15, 0.2) is 0 Å². The largest absolute Gasteiger partial charge is 0.472 e. The summed E-state index contributed by atoms with van der Waals surface area (Å²) in [6, 6.07) is -3.19. The first-order valence-corrected chi connectivity index (χ1v) is 41.5. The van der Waals surface area contributed by atoms with Gasteiger partial charge in [0.2, 0.25) is 11.8 Å². The van der Waals surface area contributed by atoms with Crippen molar-refractivity contribution in [3.63, 3.8) is 0 Å². The third kappa shape index (κ3) is 46.5. The summed E-state index contributed by atoms with van der Waals surface area (Å²) in [5.74, 6) is -1.91. The van der Waals surface area contributed by atoms with Crippen LogP contribution in [-0.2, 0) is 60.8 Å². The second-order valence-electron chi connectivity index (χ2n) is 27.4. The van der Waals surface area contributed by atoms with Crippen molar-refractivity contribution in [2.45, 2.75) is 396 Å². The van der Waals surface area contributed by atoms with Crippen molar-refractivity contribution >= 4 is 33.4 Å². The number of unbranched alkanes of at least 4 members (excludes halogenated alkanes) is 38. The number of amides is 2. The average Bonchev–Trinajstić information content (AvgIpc) is 0.795. The van der Waals surface area contributed by atoms with Gasteiger partial charge in [-0.15, -0.1) is 0 Å². The summed E-state index contributed by atoms with van der Waals surface area (Å²) in [5, 5.41) is 61.7. The highest BCUT2D eigenvalue weighted by Gasteiger charge is 2.51. The van der Waals surface area contributed by atoms with E-state index in [0.717, 1.165) is 129 Å². The number of ether oxygens (including phenoxy) is 5. The highest BCUT2D eigenvalue weighted by Crippen LogP contribution is 2.44. The molecule has 0 aliphatic carbocycles. The molecule has 2 saturated heterocycles. The Hall–Kier alpha value is -1.77. The molecular weight excluding hydrogens is 1290 g/mol. The molecular formula is C71H139N3O21P2. The van der Waals surface area contributed by atoms with Gasteiger partial charge in [0.1, 0.15) is 54.8 Å². The van der Waals surface area contributed by atoms with E-state index < -0.39 is 133 Å². The van der Waals surface area contributed by atoms with Crippen molar-refractivity contribution in [1.82, 2.24) is 10.6 Å². The van der Waals surface area contributed by atoms with Crippen molar-refractivity contribution in [2.75, 3.05) is 39.6 Å². The Morgan fingerprint density at radius 1 is 0.474 bits per heavy atom. The van der Waals surface area contributed by atoms with E-state index in [9.17, 15) is 63.7 Å². The topological polar surface area (TPSA) is 371 Å². The number of aliphatic hydroxyl groups excluding tert-OH is 5. The van der Waals surface area contributed by atoms with E-state index in [1.165, 1.54) is 122 Å². The van der Waals surface area contributed by atoms with Gasteiger partial charge in [0, 0.05) is 6.42 Å². The van der Waals surface area contributed by atoms with Crippen LogP contribution in [-0.4, -0.2) is 171 Å². The number of phosphoric ester groups is 2. The van der Waals surface area contributed by atoms with Gasteiger partial charge < -0.3 is 80.3 Å². The molecule has 12 N–H and O–H groups in total. The second-order valence-corrected chi connectivity index (χ2v) is 30.1. The van der Waals surface area contributed by atoms with Gasteiger partial charge >= 0.3 is 21.6 Å². The van der Waals surface area contributed by atoms with Gasteiger partial charge in [-0.25, -0.2) is 9.13 Å². The predicted molar refractivity (Wildman–Crippen MR) is 376 cm³/mol. The molecule has 0 radical (unpaired) electrons. The maximum Gasteiger partial charge on any atom is 0.472 e. The molecule has 0 aromatic rings. The lowest BCUT2D eigenvalue weighted by atomic mass is 9.95. The standard InChI is InChI=1S/C71H139N3O21P2/c1-4-7-10-13-16-26-31-36-41-46-57(76)53-61(77)73-64-67(81)66(80)60(94-70(64)88-51-52-91-97(86,87)90-50-45-40-35-30-25-23-21-19-20-22-24-29-34-39-44-49-72)56-89-71-65(68(82)69(59(55-75)93-71)95-96(83,84)85)74-62(78)54-58(47-42-37-32-27-17-14-11-8-5-2)92-63(79)48-43-38-33-28-18-15-12-9-6-3/h57-60,64-71,75-76,80-82H,4-56,72H2,1-3H3,(H,73,77)(H,74,78)(H,86,87)(H2,83,84,85)/t57-,58-,59-,60-,64-,65-,66-,67-,68-,69-,70+,71-/m1/s1. The maximum atomic E-state index is 14.2. The van der Waals surface area contributed by atoms with Crippen LogP contribution in [0.1, 0.15) is 323 Å². The molecule has 2 rings (SSSR count). The summed E-state index contributed by atoms with van der Waals surface area (Å²) >= 11 is 0. The average molecular weight is 1430 g/mol. The van der Waals surface area contributed by atoms with E-state index in [0.29, 0.717) is 38.5 Å². The Morgan fingerprint density at radius 2 is 0.876 bits per heavy atom. The molecule has 2 fully saturated rings. The Morgan fingerprint density at radius 3 is 1.35 bits per heavy atom. The summed E-state index contributed by atoms with van der Waals surface area (Å²) < 4.78 is 70.6. The smallest absolute Gasteiger partial charge is 0.462 e. The maximum absolute atomic E-state index is 14.2. The number of carbonyl (C=O) groups is 3. The molecule has 0 saturated carbocycles. The van der Waals surface area contributed by atoms with Gasteiger partial charge in [0.15, 0.2) is 12.6 Å². The van der Waals surface area contributed by atoms with Gasteiger partial charge in [-0.1, -0.05) is 265 Å². The third-order valence-electron chi connectivity index (χ3n) is 18.5. The lowest BCUT2D eigenvalue weighted by Gasteiger charge is -2.45. The first-order chi connectivity index (χ1) is 46.8. The molecule has 97 heavy (non-hydrogen) atoms. The predicted octanol–water partition coefficient (Wildman–Crippen LogP) is 12.8. The van der Waals surface area contributed by atoms with E-state index in [-0.39, 0.29) is 25.9 Å². The van der Waals surface area contributed by atoms with Crippen LogP contribution in [0.5, 0.6) is 0 Å². The number of nitrogens with one attached hydrogen (secondary N) is 2. The van der Waals surface area contributed by atoms with Crippen LogP contribution in [0.2, 0.25) is 0 Å². The Bertz CT molecular complexity index is 2020. The number of hydrogen-bond acceptors (Lipinski definition) is 19. The number of nitrogens with two attached hydrogens (primary N) is 1. The van der Waals surface area contributed by atoms with Crippen molar-refractivity contribution in [1.29, 1.82) is 0 Å². The molecule has 2 amide bonds. The quantitative estimate of drug-likeness (QED) is 0.0153. The minimum atomic E-state index is -5.38. The van der Waals surface area contributed by atoms with E-state index in [1.807, 2.05) is 0 Å². The van der Waals surface area contributed by atoms with Gasteiger partial charge in [-0.3, -0.25) is 28.0 Å². The van der Waals surface area contributed by atoms with Crippen molar-refractivity contribution in [3.8, 4) is 0 Å². The Kier molecular flexibility index (Phi) is 55.2. The lowest BCUT2D eigenvalue weighted by molar-refractivity contribution is -0.303. The van der Waals surface area contributed by atoms with Gasteiger partial charge in [-0.2, -0.15) is 0 Å². The molecule has 0 aromatic carbocycles. The van der Waals surface area contributed by atoms with E-state index >= 15 is 0 Å². The molecule has 0 bridgehead atoms. The van der Waals surface area contributed by atoms with Crippen molar-refractivity contribution in [3.05, 3.63) is 0 Å². The summed E-state index contributed by atoms with van der Waals surface area (Å²) in [7, 11) is -9.94. The van der Waals surface area contributed by atoms with Crippen molar-refractivity contribution in [2.24, 2.45) is 5.73 Å². The molecule has 2 aliphatic heterocycles. The molecule has 1 unspecified atom stereocenters. The van der Waals surface area contributed by atoms with Gasteiger partial charge in [0.05, 0.1) is 52.0 Å². The number of hydrogen-bond donors (Lipinski definition) is 11. The van der Waals surface area contributed by atoms with E-state index in [1.54, 1.807) is 0 Å². The van der Waals surface area contributed by atoms with Crippen LogP contribution in [0, 0.1) is 0 Å². The van der Waals surface area contributed by atoms with Crippen molar-refractivity contribution < 1.29 is 101 Å². The highest BCUT2D eigenvalue weighted by molar-refractivity contribution is 7.47. The number of aliphatic hydroxyl groups is 5. The molecule has 13 atom stereocenters. The zero-order chi connectivity index (χ0) is 71.2. The number of rotatable bonds is 66. The molecule has 24 nitrogen and oxygen atoms in total. The van der Waals surface area contributed by atoms with Crippen LogP contribution in [0.4, 0.5) is 0 Å². The van der Waals surface area contributed by atoms with Gasteiger partial charge in [-0.05, 0) is 45.1 Å². The summed E-state index contributed by atoms with van der Waals surface area (Å²) in [4.78, 5) is 71.3. The lowest BCUT2D eigenvalue weighted by Crippen LogP contribution is -2.67. The van der Waals surface area contributed by atoms with Crippen LogP contribution in [0.25, 0.3) is 0 Å². The van der Waals surface area contributed by atoms with Crippen LogP contribution in [0.3, 0.4) is 0 Å². The van der Waals surface area contributed by atoms with Crippen LogP contribution >= 0.6 is 15.6 Å². The highest BCUT2D eigenvalue weighted by atomic mass is 31.2. The number of esters is 1. The zero-order valence-electron chi connectivity index (χ0n) is 60.3. The molecule has 0 spiro atoms. The van der Waals surface area contributed by atoms with E-state index in [2.05, 4.69) is 31.4 Å². The number of phosphoric acid groups is 2. The minimum Gasteiger partial charge on any atom is -0.462 e. The van der Waals surface area contributed by atoms with Gasteiger partial charge in [0.25, 0.3) is 0 Å². The Balaban J connectivity index is 2.21. The first-order valence-electron chi connectivity index (χ1n) is 38.5. The SMILES string of the molecule is CCCCCCCCCCCC(=O)O[C@H](CCCCCCCCCCC)CC(=O)N[C@H]1[C@H](OC[C@H]2O[C@H](OCCOP(=O)(O)OCCCCCCCCCCCCCCCCCN)[C@H](NC(=O)C[C@H](O)CCCCCCCCCCC)[C@@H](O)[C@@H]2O)O[C@H](CO)[C@@H](OP(=O)(O)O)[C@@H]1O. The fraction of sp³-hybridized carbons (Fsp3) is 0.958. The summed E-state index contributed by atoms with van der Waals surface area (Å²) in [6.45, 7) is 4.63. The molecule has 2 heterocycles. The minimum absolute atomic E-state index is 0.0189. The first kappa shape index (κ1) is 91.3. The summed E-state index contributed by atoms with van der Waals surface area (Å²) in [5.41, 5.74) is 5.58. The fourth-order valence-corrected chi connectivity index (χ4v) is 14.0. The Labute approximate surface area is 584 Å². The zero-order valence-corrected chi connectivity index (χ0v) is 62.1. The summed E-state index contributed by atoms with van der Waals surface area (Å²) in [6.07, 6.45) is 29.4. The molecule has 0 aromatic heterocycles. The van der Waals surface area contributed by atoms with Crippen LogP contribution < -0.4 is 16.4 Å². The normalized spacial score (nSPS) is 22.7. The molecule has 26 heteroatoms.